The van der Waals surface area contributed by atoms with Gasteiger partial charge in [0.25, 0.3) is 5.82 Å². The van der Waals surface area contributed by atoms with Gasteiger partial charge in [-0.1, -0.05) is 6.92 Å². The minimum Gasteiger partial charge on any atom is -0.626 e. The molecule has 1 aromatic rings. The molecule has 0 aliphatic carbocycles. The van der Waals surface area contributed by atoms with E-state index in [1.165, 1.54) is 0 Å². The van der Waals surface area contributed by atoms with E-state index in [1.54, 1.807) is 15.7 Å². The number of likely N-dealkylation sites (N-methyl/N-ethyl adjacent to an activating group) is 1. The summed E-state index contributed by atoms with van der Waals surface area (Å²) in [5.74, 6) is 2.21. The van der Waals surface area contributed by atoms with E-state index < -0.39 is 11.5 Å². The highest BCUT2D eigenvalue weighted by Crippen LogP contribution is 2.24. The number of methoxy groups -OCH3 is 1. The molecule has 2 aliphatic heterocycles. The number of hydrogen-bond donors (Lipinski definition) is 2. The first-order valence-corrected chi connectivity index (χ1v) is 10.8. The van der Waals surface area contributed by atoms with Gasteiger partial charge in [-0.2, -0.15) is 0 Å². The number of quaternary nitrogens is 1. The number of ether oxygens (including phenoxy) is 2. The van der Waals surface area contributed by atoms with Crippen molar-refractivity contribution in [3.05, 3.63) is 41.0 Å². The van der Waals surface area contributed by atoms with Crippen molar-refractivity contribution in [1.82, 2.24) is 13.9 Å². The number of hydrogen-bond acceptors (Lipinski definition) is 7. The summed E-state index contributed by atoms with van der Waals surface area (Å²) in [6.45, 7) is 3.72. The van der Waals surface area contributed by atoms with E-state index in [0.29, 0.717) is 25.5 Å². The van der Waals surface area contributed by atoms with Crippen LogP contribution in [0.5, 0.6) is 11.5 Å². The fourth-order valence-electron chi connectivity index (χ4n) is 3.48. The molecule has 0 bridgehead atoms. The molecule has 0 amide bonds. The molecule has 0 fully saturated rings. The molecule has 0 spiro atoms. The summed E-state index contributed by atoms with van der Waals surface area (Å²) >= 11 is -1.32. The number of hydroxylamine groups is 2. The molecule has 2 N–H and O–H groups in total. The molecular formula is C19H30N4O4S. The minimum absolute atomic E-state index is 0.0767. The first-order chi connectivity index (χ1) is 13.5. The minimum atomic E-state index is -1.32. The van der Waals surface area contributed by atoms with Crippen LogP contribution >= 0.6 is 0 Å². The largest absolute Gasteiger partial charge is 0.626 e. The predicted octanol–water partition coefficient (Wildman–Crippen LogP) is 0.962. The average Bonchev–Trinajstić information content (AvgIpc) is 3.00. The average molecular weight is 411 g/mol. The molecule has 9 heteroatoms. The molecule has 156 valence electrons. The Kier molecular flexibility index (Phi) is 7.30. The van der Waals surface area contributed by atoms with Crippen molar-refractivity contribution in [2.24, 2.45) is 0 Å². The van der Waals surface area contributed by atoms with Crippen molar-refractivity contribution in [2.75, 3.05) is 33.9 Å². The second-order valence-corrected chi connectivity index (χ2v) is 8.55. The number of rotatable bonds is 9. The maximum Gasteiger partial charge on any atom is 0.268 e. The van der Waals surface area contributed by atoms with Gasteiger partial charge < -0.3 is 29.6 Å². The van der Waals surface area contributed by atoms with Gasteiger partial charge in [0.1, 0.15) is 17.2 Å². The summed E-state index contributed by atoms with van der Waals surface area (Å²) in [6, 6.07) is 7.48. The molecule has 3 unspecified atom stereocenters. The summed E-state index contributed by atoms with van der Waals surface area (Å²) in [5.41, 5.74) is 0.903. The Labute approximate surface area is 170 Å². The van der Waals surface area contributed by atoms with Crippen LogP contribution in [0.25, 0.3) is 0 Å². The smallest absolute Gasteiger partial charge is 0.268 e. The molecule has 1 aromatic carbocycles. The SMILES string of the molecule is CCCC1NC2=C(N(CCCCOc3ccc(OC)cc3)[S+]([O-])N(C)C2)[NH+]1[O-]. The van der Waals surface area contributed by atoms with Crippen molar-refractivity contribution >= 4 is 11.5 Å². The van der Waals surface area contributed by atoms with Gasteiger partial charge in [0, 0.05) is 13.5 Å². The van der Waals surface area contributed by atoms with Crippen LogP contribution < -0.4 is 19.9 Å². The summed E-state index contributed by atoms with van der Waals surface area (Å²) in [6.07, 6.45) is 3.15. The number of benzene rings is 1. The maximum absolute atomic E-state index is 12.8. The Morgan fingerprint density at radius 2 is 1.96 bits per heavy atom. The zero-order valence-corrected chi connectivity index (χ0v) is 17.6. The van der Waals surface area contributed by atoms with Crippen molar-refractivity contribution < 1.29 is 19.1 Å². The molecule has 28 heavy (non-hydrogen) atoms. The highest BCUT2D eigenvalue weighted by molar-refractivity contribution is 7.86. The Bertz CT molecular complexity index is 672. The zero-order chi connectivity index (χ0) is 20.1. The van der Waals surface area contributed by atoms with E-state index in [-0.39, 0.29) is 11.2 Å². The molecule has 0 aromatic heterocycles. The second kappa shape index (κ2) is 9.71. The van der Waals surface area contributed by atoms with E-state index >= 15 is 0 Å². The lowest BCUT2D eigenvalue weighted by Crippen LogP contribution is -3.10. The quantitative estimate of drug-likeness (QED) is 0.356. The van der Waals surface area contributed by atoms with Crippen LogP contribution in [0.15, 0.2) is 35.8 Å². The number of nitrogens with one attached hydrogen (secondary N) is 2. The third-order valence-electron chi connectivity index (χ3n) is 4.93. The number of nitrogens with zero attached hydrogens (tertiary/aromatic N) is 2. The van der Waals surface area contributed by atoms with Crippen LogP contribution in [0.4, 0.5) is 0 Å². The van der Waals surface area contributed by atoms with Gasteiger partial charge in [-0.05, 0) is 43.5 Å². The molecule has 0 saturated heterocycles. The normalized spacial score (nSPS) is 24.9. The lowest BCUT2D eigenvalue weighted by Gasteiger charge is -2.36. The van der Waals surface area contributed by atoms with Crippen molar-refractivity contribution in [3.8, 4) is 11.5 Å². The standard InChI is InChI=1S/C19H30N4O4S/c1-4-7-18-20-17-14-21(2)28(25)22(19(17)23(18)24)12-5-6-13-27-16-10-8-15(26-3)9-11-16/h8-11,18,20,23H,4-7,12-14H2,1-3H3. The van der Waals surface area contributed by atoms with Gasteiger partial charge in [-0.3, -0.25) is 0 Å². The van der Waals surface area contributed by atoms with Crippen LogP contribution in [0.1, 0.15) is 32.6 Å². The lowest BCUT2D eigenvalue weighted by atomic mass is 10.3. The van der Waals surface area contributed by atoms with Gasteiger partial charge in [-0.25, -0.2) is 0 Å². The van der Waals surface area contributed by atoms with E-state index in [0.717, 1.165) is 42.9 Å². The topological polar surface area (TPSA) is 87.5 Å². The van der Waals surface area contributed by atoms with Crippen molar-refractivity contribution in [3.63, 3.8) is 0 Å². The molecule has 2 heterocycles. The second-order valence-electron chi connectivity index (χ2n) is 7.03. The van der Waals surface area contributed by atoms with E-state index in [9.17, 15) is 9.76 Å². The Morgan fingerprint density at radius 1 is 1.25 bits per heavy atom. The first-order valence-electron chi connectivity index (χ1n) is 9.76. The molecule has 0 radical (unpaired) electrons. The molecule has 8 nitrogen and oxygen atoms in total. The fraction of sp³-hybridized carbons (Fsp3) is 0.579. The monoisotopic (exact) mass is 410 g/mol. The van der Waals surface area contributed by atoms with Gasteiger partial charge in [0.2, 0.25) is 0 Å². The van der Waals surface area contributed by atoms with Crippen LogP contribution in [-0.2, 0) is 11.5 Å². The zero-order valence-electron chi connectivity index (χ0n) is 16.8. The lowest BCUT2D eigenvalue weighted by molar-refractivity contribution is -0.839. The van der Waals surface area contributed by atoms with Crippen LogP contribution in [0, 0.1) is 5.21 Å². The van der Waals surface area contributed by atoms with E-state index in [1.807, 2.05) is 31.3 Å². The van der Waals surface area contributed by atoms with Crippen LogP contribution in [0.3, 0.4) is 0 Å². The fourth-order valence-corrected chi connectivity index (χ4v) is 4.70. The molecule has 3 rings (SSSR count). The van der Waals surface area contributed by atoms with Crippen LogP contribution in [0.2, 0.25) is 0 Å². The third-order valence-corrected chi connectivity index (χ3v) is 6.34. The van der Waals surface area contributed by atoms with E-state index in [4.69, 9.17) is 9.47 Å². The van der Waals surface area contributed by atoms with Gasteiger partial charge in [0.05, 0.1) is 26.8 Å². The van der Waals surface area contributed by atoms with Crippen molar-refractivity contribution in [2.45, 2.75) is 38.8 Å². The van der Waals surface area contributed by atoms with Crippen molar-refractivity contribution in [1.29, 1.82) is 0 Å². The summed E-state index contributed by atoms with van der Waals surface area (Å²) < 4.78 is 27.1. The van der Waals surface area contributed by atoms with Gasteiger partial charge >= 0.3 is 0 Å². The summed E-state index contributed by atoms with van der Waals surface area (Å²) in [5, 5.41) is 16.2. The molecule has 3 atom stereocenters. The predicted molar refractivity (Wildman–Crippen MR) is 108 cm³/mol. The van der Waals surface area contributed by atoms with Gasteiger partial charge in [-0.15, -0.1) is 8.61 Å². The molecule has 0 saturated carbocycles. The molecule has 2 aliphatic rings. The maximum atomic E-state index is 12.8. The Balaban J connectivity index is 1.51. The molecular weight excluding hydrogens is 380 g/mol. The highest BCUT2D eigenvalue weighted by atomic mass is 32.2. The highest BCUT2D eigenvalue weighted by Gasteiger charge is 2.45. The third kappa shape index (κ3) is 4.66. The summed E-state index contributed by atoms with van der Waals surface area (Å²) in [7, 11) is 3.45. The summed E-state index contributed by atoms with van der Waals surface area (Å²) in [4.78, 5) is 0. The van der Waals surface area contributed by atoms with Crippen LogP contribution in [-0.4, -0.2) is 53.2 Å². The van der Waals surface area contributed by atoms with E-state index in [2.05, 4.69) is 12.2 Å². The van der Waals surface area contributed by atoms with Gasteiger partial charge in [0.15, 0.2) is 17.7 Å². The Morgan fingerprint density at radius 3 is 2.64 bits per heavy atom. The first kappa shape index (κ1) is 21.1. The number of unbranched alkanes of at least 4 members (excludes halogenated alkanes) is 1. The Hall–Kier alpha value is -1.65.